The number of nitrogen functional groups attached to an aromatic ring is 1. The predicted molar refractivity (Wildman–Crippen MR) is 76.7 cm³/mol. The Labute approximate surface area is 112 Å². The average Bonchev–Trinajstić information content (AvgIpc) is 2.43. The second-order valence-corrected chi connectivity index (χ2v) is 4.19. The zero-order valence-electron chi connectivity index (χ0n) is 11.2. The van der Waals surface area contributed by atoms with E-state index in [-0.39, 0.29) is 0 Å². The van der Waals surface area contributed by atoms with E-state index in [0.29, 0.717) is 5.82 Å². The van der Waals surface area contributed by atoms with Gasteiger partial charge in [0.2, 0.25) is 0 Å². The fraction of sp³-hybridized carbons (Fsp3) is 0.286. The van der Waals surface area contributed by atoms with Crippen molar-refractivity contribution in [1.29, 1.82) is 0 Å². The Morgan fingerprint density at radius 1 is 1.32 bits per heavy atom. The third-order valence-corrected chi connectivity index (χ3v) is 2.81. The Hall–Kier alpha value is -2.30. The number of benzene rings is 1. The molecule has 1 aromatic heterocycles. The van der Waals surface area contributed by atoms with Crippen molar-refractivity contribution in [2.75, 3.05) is 18.2 Å². The van der Waals surface area contributed by atoms with Crippen LogP contribution in [0.3, 0.4) is 0 Å². The second kappa shape index (κ2) is 6.04. The molecular weight excluding hydrogens is 240 g/mol. The van der Waals surface area contributed by atoms with Crippen LogP contribution in [0.1, 0.15) is 18.9 Å². The van der Waals surface area contributed by atoms with Crippen LogP contribution in [0, 0.1) is 0 Å². The van der Waals surface area contributed by atoms with E-state index < -0.39 is 0 Å². The summed E-state index contributed by atoms with van der Waals surface area (Å²) in [4.78, 5) is 8.30. The monoisotopic (exact) mass is 258 g/mol. The van der Waals surface area contributed by atoms with Gasteiger partial charge in [-0.25, -0.2) is 9.97 Å². The molecule has 0 amide bonds. The highest BCUT2D eigenvalue weighted by atomic mass is 16.5. The Morgan fingerprint density at radius 3 is 2.89 bits per heavy atom. The summed E-state index contributed by atoms with van der Waals surface area (Å²) < 4.78 is 5.20. The normalized spacial score (nSPS) is 10.2. The van der Waals surface area contributed by atoms with Crippen molar-refractivity contribution in [2.24, 2.45) is 0 Å². The maximum absolute atomic E-state index is 5.90. The lowest BCUT2D eigenvalue weighted by atomic mass is 10.1. The number of methoxy groups -OCH3 is 1. The molecule has 0 unspecified atom stereocenters. The molecule has 3 N–H and O–H groups in total. The summed E-state index contributed by atoms with van der Waals surface area (Å²) >= 11 is 0. The number of nitrogens with one attached hydrogen (secondary N) is 1. The molecule has 0 aliphatic carbocycles. The third-order valence-electron chi connectivity index (χ3n) is 2.81. The summed E-state index contributed by atoms with van der Waals surface area (Å²) in [5.74, 6) is 2.08. The van der Waals surface area contributed by atoms with Gasteiger partial charge in [0, 0.05) is 17.3 Å². The maximum Gasteiger partial charge on any atom is 0.139 e. The molecular formula is C14H18N4O. The van der Waals surface area contributed by atoms with Crippen molar-refractivity contribution in [1.82, 2.24) is 9.97 Å². The van der Waals surface area contributed by atoms with E-state index in [1.165, 1.54) is 6.33 Å². The number of aromatic nitrogens is 2. The first kappa shape index (κ1) is 13.1. The Bertz CT molecular complexity index is 557. The smallest absolute Gasteiger partial charge is 0.139 e. The molecule has 0 aliphatic rings. The third kappa shape index (κ3) is 3.13. The number of nitrogens with two attached hydrogens (primary N) is 1. The van der Waals surface area contributed by atoms with Crippen LogP contribution >= 0.6 is 0 Å². The van der Waals surface area contributed by atoms with Crippen molar-refractivity contribution in [2.45, 2.75) is 19.8 Å². The first-order chi connectivity index (χ1) is 9.24. The van der Waals surface area contributed by atoms with Gasteiger partial charge in [0.1, 0.15) is 23.7 Å². The highest BCUT2D eigenvalue weighted by Crippen LogP contribution is 2.25. The van der Waals surface area contributed by atoms with Crippen molar-refractivity contribution < 1.29 is 4.74 Å². The molecule has 0 fully saturated rings. The van der Waals surface area contributed by atoms with E-state index in [1.54, 1.807) is 7.11 Å². The van der Waals surface area contributed by atoms with Crippen LogP contribution in [0.15, 0.2) is 30.6 Å². The van der Waals surface area contributed by atoms with E-state index in [2.05, 4.69) is 22.2 Å². The van der Waals surface area contributed by atoms with Gasteiger partial charge in [0.05, 0.1) is 7.11 Å². The molecule has 0 atom stereocenters. The lowest BCUT2D eigenvalue weighted by molar-refractivity contribution is 0.415. The number of ether oxygens (including phenoxy) is 1. The lowest BCUT2D eigenvalue weighted by Gasteiger charge is -2.12. The molecule has 100 valence electrons. The second-order valence-electron chi connectivity index (χ2n) is 4.19. The van der Waals surface area contributed by atoms with Crippen LogP contribution in [0.5, 0.6) is 5.75 Å². The molecule has 0 radical (unpaired) electrons. The molecule has 0 spiro atoms. The number of hydrogen-bond acceptors (Lipinski definition) is 5. The number of hydrogen-bond donors (Lipinski definition) is 2. The van der Waals surface area contributed by atoms with Gasteiger partial charge in [-0.15, -0.1) is 0 Å². The van der Waals surface area contributed by atoms with Crippen molar-refractivity contribution in [3.8, 4) is 5.75 Å². The number of rotatable bonds is 5. The molecule has 1 aromatic carbocycles. The topological polar surface area (TPSA) is 73.1 Å². The van der Waals surface area contributed by atoms with Gasteiger partial charge in [-0.1, -0.05) is 19.4 Å². The average molecular weight is 258 g/mol. The maximum atomic E-state index is 5.90. The summed E-state index contributed by atoms with van der Waals surface area (Å²) in [6, 6.07) is 7.68. The van der Waals surface area contributed by atoms with Gasteiger partial charge in [-0.2, -0.15) is 0 Å². The largest absolute Gasteiger partial charge is 0.497 e. The minimum atomic E-state index is 0.530. The Kier molecular flexibility index (Phi) is 4.18. The van der Waals surface area contributed by atoms with E-state index in [0.717, 1.165) is 35.7 Å². The summed E-state index contributed by atoms with van der Waals surface area (Å²) in [5.41, 5.74) is 7.76. The van der Waals surface area contributed by atoms with Crippen LogP contribution in [0.25, 0.3) is 0 Å². The molecule has 19 heavy (non-hydrogen) atoms. The summed E-state index contributed by atoms with van der Waals surface area (Å²) in [7, 11) is 1.64. The fourth-order valence-corrected chi connectivity index (χ4v) is 1.87. The van der Waals surface area contributed by atoms with Gasteiger partial charge in [-0.05, 0) is 18.6 Å². The van der Waals surface area contributed by atoms with Gasteiger partial charge < -0.3 is 15.8 Å². The molecule has 0 saturated heterocycles. The van der Waals surface area contributed by atoms with E-state index in [4.69, 9.17) is 10.5 Å². The zero-order valence-corrected chi connectivity index (χ0v) is 11.2. The summed E-state index contributed by atoms with van der Waals surface area (Å²) in [6.07, 6.45) is 3.31. The lowest BCUT2D eigenvalue weighted by Crippen LogP contribution is -2.05. The summed E-state index contributed by atoms with van der Waals surface area (Å²) in [6.45, 7) is 2.10. The van der Waals surface area contributed by atoms with Gasteiger partial charge in [-0.3, -0.25) is 0 Å². The molecule has 0 bridgehead atoms. The van der Waals surface area contributed by atoms with Crippen LogP contribution in [0.4, 0.5) is 17.3 Å². The van der Waals surface area contributed by atoms with Crippen molar-refractivity contribution in [3.05, 3.63) is 36.2 Å². The molecule has 5 nitrogen and oxygen atoms in total. The minimum Gasteiger partial charge on any atom is -0.497 e. The van der Waals surface area contributed by atoms with Gasteiger partial charge in [0.15, 0.2) is 0 Å². The first-order valence-electron chi connectivity index (χ1n) is 6.25. The molecule has 2 aromatic rings. The van der Waals surface area contributed by atoms with Crippen LogP contribution in [-0.2, 0) is 6.42 Å². The Morgan fingerprint density at radius 2 is 2.16 bits per heavy atom. The SMILES string of the molecule is CCCc1c(N)ncnc1Nc1cccc(OC)c1. The highest BCUT2D eigenvalue weighted by Gasteiger charge is 2.08. The fourth-order valence-electron chi connectivity index (χ4n) is 1.87. The van der Waals surface area contributed by atoms with E-state index in [9.17, 15) is 0 Å². The highest BCUT2D eigenvalue weighted by molar-refractivity contribution is 5.64. The van der Waals surface area contributed by atoms with Crippen LogP contribution in [-0.4, -0.2) is 17.1 Å². The van der Waals surface area contributed by atoms with Gasteiger partial charge >= 0.3 is 0 Å². The van der Waals surface area contributed by atoms with Crippen molar-refractivity contribution in [3.63, 3.8) is 0 Å². The molecule has 1 heterocycles. The van der Waals surface area contributed by atoms with Gasteiger partial charge in [0.25, 0.3) is 0 Å². The van der Waals surface area contributed by atoms with Crippen molar-refractivity contribution >= 4 is 17.3 Å². The molecule has 2 rings (SSSR count). The predicted octanol–water partition coefficient (Wildman–Crippen LogP) is 2.76. The van der Waals surface area contributed by atoms with Crippen LogP contribution in [0.2, 0.25) is 0 Å². The standard InChI is InChI=1S/C14H18N4O/c1-3-5-12-13(15)16-9-17-14(12)18-10-6-4-7-11(8-10)19-2/h4,6-9H,3,5H2,1-2H3,(H3,15,16,17,18). The number of nitrogens with zero attached hydrogens (tertiary/aromatic N) is 2. The number of anilines is 3. The molecule has 0 aliphatic heterocycles. The minimum absolute atomic E-state index is 0.530. The molecule has 0 saturated carbocycles. The van der Waals surface area contributed by atoms with Crippen LogP contribution < -0.4 is 15.8 Å². The van der Waals surface area contributed by atoms with E-state index >= 15 is 0 Å². The summed E-state index contributed by atoms with van der Waals surface area (Å²) in [5, 5.41) is 3.26. The zero-order chi connectivity index (χ0) is 13.7. The Balaban J connectivity index is 2.29. The molecule has 5 heteroatoms. The van der Waals surface area contributed by atoms with E-state index in [1.807, 2.05) is 24.3 Å². The quantitative estimate of drug-likeness (QED) is 0.862. The first-order valence-corrected chi connectivity index (χ1v) is 6.25.